The lowest BCUT2D eigenvalue weighted by atomic mass is 9.95. The number of carbonyl (C=O) groups excluding carboxylic acids is 1. The Balaban J connectivity index is 1.87. The van der Waals surface area contributed by atoms with Gasteiger partial charge < -0.3 is 10.4 Å². The number of hydrogen-bond acceptors (Lipinski definition) is 3. The van der Waals surface area contributed by atoms with Gasteiger partial charge in [0.2, 0.25) is 0 Å². The van der Waals surface area contributed by atoms with E-state index in [1.165, 1.54) is 0 Å². The van der Waals surface area contributed by atoms with Crippen molar-refractivity contribution in [2.24, 2.45) is 0 Å². The first-order chi connectivity index (χ1) is 12.6. The molecule has 0 aliphatic carbocycles. The molecule has 1 aromatic heterocycles. The first-order valence-corrected chi connectivity index (χ1v) is 8.69. The Morgan fingerprint density at radius 3 is 2.12 bits per heavy atom. The van der Waals surface area contributed by atoms with E-state index in [-0.39, 0.29) is 11.9 Å². The van der Waals surface area contributed by atoms with Crippen LogP contribution < -0.4 is 5.32 Å². The van der Waals surface area contributed by atoms with E-state index in [1.807, 2.05) is 74.5 Å². The van der Waals surface area contributed by atoms with E-state index >= 15 is 0 Å². The molecular weight excluding hydrogens is 326 g/mol. The molecule has 0 fully saturated rings. The zero-order valence-corrected chi connectivity index (χ0v) is 14.9. The summed E-state index contributed by atoms with van der Waals surface area (Å²) < 4.78 is 1.74. The number of aromatic nitrogens is 2. The highest BCUT2D eigenvalue weighted by molar-refractivity contribution is 5.94. The summed E-state index contributed by atoms with van der Waals surface area (Å²) in [6.45, 7) is 4.00. The standard InChI is InChI=1S/C21H23N3O2/c1-15(2)24-14-18(13-22-24)21(26)23-19(16-9-5-3-6-10-16)20(25)17-11-7-4-8-12-17/h3-15,19-20,25H,1-2H3,(H,23,26)/t19-,20+/m0/s1. The topological polar surface area (TPSA) is 67.2 Å². The van der Waals surface area contributed by atoms with Crippen molar-refractivity contribution in [2.45, 2.75) is 32.0 Å². The number of aliphatic hydroxyl groups excluding tert-OH is 1. The Hall–Kier alpha value is -2.92. The van der Waals surface area contributed by atoms with Gasteiger partial charge in [-0.1, -0.05) is 60.7 Å². The van der Waals surface area contributed by atoms with Crippen LogP contribution in [0.3, 0.4) is 0 Å². The Labute approximate surface area is 153 Å². The molecule has 0 saturated carbocycles. The number of benzene rings is 2. The maximum absolute atomic E-state index is 12.7. The molecule has 0 spiro atoms. The number of aliphatic hydroxyl groups is 1. The molecule has 5 heteroatoms. The van der Waals surface area contributed by atoms with Crippen molar-refractivity contribution in [1.82, 2.24) is 15.1 Å². The van der Waals surface area contributed by atoms with Crippen LogP contribution in [-0.4, -0.2) is 20.8 Å². The predicted molar refractivity (Wildman–Crippen MR) is 101 cm³/mol. The fraction of sp³-hybridized carbons (Fsp3) is 0.238. The second-order valence-corrected chi connectivity index (χ2v) is 6.52. The molecule has 3 rings (SSSR count). The van der Waals surface area contributed by atoms with Gasteiger partial charge >= 0.3 is 0 Å². The Morgan fingerprint density at radius 1 is 1.00 bits per heavy atom. The van der Waals surface area contributed by atoms with E-state index in [0.717, 1.165) is 11.1 Å². The van der Waals surface area contributed by atoms with Crippen LogP contribution in [-0.2, 0) is 0 Å². The average Bonchev–Trinajstić information content (AvgIpc) is 3.17. The van der Waals surface area contributed by atoms with Crippen molar-refractivity contribution >= 4 is 5.91 Å². The third-order valence-corrected chi connectivity index (χ3v) is 4.29. The summed E-state index contributed by atoms with van der Waals surface area (Å²) in [6.07, 6.45) is 2.41. The molecule has 0 unspecified atom stereocenters. The minimum absolute atomic E-state index is 0.177. The number of nitrogens with one attached hydrogen (secondary N) is 1. The molecule has 0 aliphatic heterocycles. The van der Waals surface area contributed by atoms with Gasteiger partial charge in [-0.2, -0.15) is 5.10 Å². The van der Waals surface area contributed by atoms with Crippen LogP contribution in [0.5, 0.6) is 0 Å². The lowest BCUT2D eigenvalue weighted by Crippen LogP contribution is -2.32. The molecule has 3 aromatic rings. The van der Waals surface area contributed by atoms with Gasteiger partial charge in [0, 0.05) is 12.2 Å². The first-order valence-electron chi connectivity index (χ1n) is 8.69. The molecule has 2 aromatic carbocycles. The van der Waals surface area contributed by atoms with Gasteiger partial charge in [-0.05, 0) is 25.0 Å². The highest BCUT2D eigenvalue weighted by Crippen LogP contribution is 2.29. The van der Waals surface area contributed by atoms with E-state index < -0.39 is 12.1 Å². The van der Waals surface area contributed by atoms with Crippen LogP contribution >= 0.6 is 0 Å². The fourth-order valence-electron chi connectivity index (χ4n) is 2.81. The molecule has 0 aliphatic rings. The second kappa shape index (κ2) is 7.97. The second-order valence-electron chi connectivity index (χ2n) is 6.52. The zero-order chi connectivity index (χ0) is 18.5. The lowest BCUT2D eigenvalue weighted by molar-refractivity contribution is 0.0831. The molecule has 1 heterocycles. The molecule has 0 radical (unpaired) electrons. The molecule has 134 valence electrons. The summed E-state index contributed by atoms with van der Waals surface area (Å²) in [7, 11) is 0. The van der Waals surface area contributed by atoms with Crippen molar-refractivity contribution in [3.05, 3.63) is 89.7 Å². The van der Waals surface area contributed by atoms with Crippen LogP contribution in [0.15, 0.2) is 73.1 Å². The van der Waals surface area contributed by atoms with Crippen LogP contribution in [0.4, 0.5) is 0 Å². The highest BCUT2D eigenvalue weighted by atomic mass is 16.3. The Kier molecular flexibility index (Phi) is 5.49. The third kappa shape index (κ3) is 4.00. The fourth-order valence-corrected chi connectivity index (χ4v) is 2.81. The van der Waals surface area contributed by atoms with E-state index in [0.29, 0.717) is 5.56 Å². The molecule has 0 bridgehead atoms. The Morgan fingerprint density at radius 2 is 1.58 bits per heavy atom. The maximum Gasteiger partial charge on any atom is 0.255 e. The zero-order valence-electron chi connectivity index (χ0n) is 14.9. The average molecular weight is 349 g/mol. The molecule has 26 heavy (non-hydrogen) atoms. The summed E-state index contributed by atoms with van der Waals surface area (Å²) in [5.41, 5.74) is 2.06. The van der Waals surface area contributed by atoms with Gasteiger partial charge in [0.05, 0.1) is 17.8 Å². The minimum atomic E-state index is -0.859. The number of carbonyl (C=O) groups is 1. The van der Waals surface area contributed by atoms with Crippen LogP contribution in [0.25, 0.3) is 0 Å². The van der Waals surface area contributed by atoms with Gasteiger partial charge in [-0.25, -0.2) is 0 Å². The van der Waals surface area contributed by atoms with E-state index in [1.54, 1.807) is 17.1 Å². The van der Waals surface area contributed by atoms with Crippen molar-refractivity contribution in [1.29, 1.82) is 0 Å². The van der Waals surface area contributed by atoms with Crippen molar-refractivity contribution in [3.8, 4) is 0 Å². The summed E-state index contributed by atoms with van der Waals surface area (Å²) in [5, 5.41) is 18.1. The monoisotopic (exact) mass is 349 g/mol. The Bertz CT molecular complexity index is 844. The molecule has 5 nitrogen and oxygen atoms in total. The largest absolute Gasteiger partial charge is 0.386 e. The van der Waals surface area contributed by atoms with Crippen LogP contribution in [0.1, 0.15) is 53.5 Å². The number of hydrogen-bond donors (Lipinski definition) is 2. The molecular formula is C21H23N3O2. The number of rotatable bonds is 6. The maximum atomic E-state index is 12.7. The van der Waals surface area contributed by atoms with Gasteiger partial charge in [0.15, 0.2) is 0 Å². The van der Waals surface area contributed by atoms with E-state index in [4.69, 9.17) is 0 Å². The highest BCUT2D eigenvalue weighted by Gasteiger charge is 2.25. The van der Waals surface area contributed by atoms with E-state index in [9.17, 15) is 9.90 Å². The molecule has 0 saturated heterocycles. The third-order valence-electron chi connectivity index (χ3n) is 4.29. The van der Waals surface area contributed by atoms with Gasteiger partial charge in [0.25, 0.3) is 5.91 Å². The summed E-state index contributed by atoms with van der Waals surface area (Å²) >= 11 is 0. The summed E-state index contributed by atoms with van der Waals surface area (Å²) in [6, 6.07) is 18.4. The summed E-state index contributed by atoms with van der Waals surface area (Å²) in [4.78, 5) is 12.7. The SMILES string of the molecule is CC(C)n1cc(C(=O)N[C@@H](c2ccccc2)[C@H](O)c2ccccc2)cn1. The van der Waals surface area contributed by atoms with Gasteiger partial charge in [0.1, 0.15) is 6.10 Å². The van der Waals surface area contributed by atoms with Crippen molar-refractivity contribution < 1.29 is 9.90 Å². The van der Waals surface area contributed by atoms with Crippen molar-refractivity contribution in [2.75, 3.05) is 0 Å². The molecule has 2 atom stereocenters. The van der Waals surface area contributed by atoms with Crippen LogP contribution in [0, 0.1) is 0 Å². The normalized spacial score (nSPS) is 13.4. The van der Waals surface area contributed by atoms with Gasteiger partial charge in [-0.15, -0.1) is 0 Å². The van der Waals surface area contributed by atoms with Gasteiger partial charge in [-0.3, -0.25) is 9.48 Å². The number of amides is 1. The molecule has 2 N–H and O–H groups in total. The lowest BCUT2D eigenvalue weighted by Gasteiger charge is -2.25. The minimum Gasteiger partial charge on any atom is -0.386 e. The van der Waals surface area contributed by atoms with E-state index in [2.05, 4.69) is 10.4 Å². The summed E-state index contributed by atoms with van der Waals surface area (Å²) in [5.74, 6) is -0.263. The van der Waals surface area contributed by atoms with Crippen molar-refractivity contribution in [3.63, 3.8) is 0 Å². The smallest absolute Gasteiger partial charge is 0.255 e. The first kappa shape index (κ1) is 17.9. The number of nitrogens with zero attached hydrogens (tertiary/aromatic N) is 2. The quantitative estimate of drug-likeness (QED) is 0.713. The predicted octanol–water partition coefficient (Wildman–Crippen LogP) is 3.67. The molecule has 1 amide bonds. The van der Waals surface area contributed by atoms with Crippen LogP contribution in [0.2, 0.25) is 0 Å².